The van der Waals surface area contributed by atoms with Crippen LogP contribution in [0.4, 0.5) is 0 Å². The number of para-hydroxylation sites is 1. The minimum Gasteiger partial charge on any atom is -0.497 e. The molecule has 0 bridgehead atoms. The molecule has 5 heteroatoms. The summed E-state index contributed by atoms with van der Waals surface area (Å²) < 4.78 is 10.4. The number of rotatable bonds is 9. The van der Waals surface area contributed by atoms with E-state index < -0.39 is 0 Å². The Labute approximate surface area is 143 Å². The zero-order valence-corrected chi connectivity index (χ0v) is 14.2. The van der Waals surface area contributed by atoms with Crippen LogP contribution in [0.25, 0.3) is 0 Å². The zero-order valence-electron chi connectivity index (χ0n) is 14.2. The van der Waals surface area contributed by atoms with Gasteiger partial charge in [-0.3, -0.25) is 4.79 Å². The van der Waals surface area contributed by atoms with Gasteiger partial charge in [-0.05, 0) is 23.8 Å². The molecule has 0 saturated heterocycles. The van der Waals surface area contributed by atoms with Gasteiger partial charge in [0.15, 0.2) is 0 Å². The van der Waals surface area contributed by atoms with Crippen LogP contribution in [-0.4, -0.2) is 26.7 Å². The average Bonchev–Trinajstić information content (AvgIpc) is 2.64. The number of methoxy groups -OCH3 is 2. The minimum absolute atomic E-state index is 0.0168. The van der Waals surface area contributed by atoms with Crippen molar-refractivity contribution in [3.63, 3.8) is 0 Å². The molecule has 0 spiro atoms. The molecule has 0 saturated carbocycles. The van der Waals surface area contributed by atoms with Gasteiger partial charge < -0.3 is 20.1 Å². The summed E-state index contributed by atoms with van der Waals surface area (Å²) in [5, 5.41) is 6.18. The fourth-order valence-electron chi connectivity index (χ4n) is 2.31. The molecule has 128 valence electrons. The summed E-state index contributed by atoms with van der Waals surface area (Å²) in [6, 6.07) is 15.5. The summed E-state index contributed by atoms with van der Waals surface area (Å²) in [4.78, 5) is 11.9. The molecule has 0 heterocycles. The number of hydrogen-bond acceptors (Lipinski definition) is 4. The number of carbonyl (C=O) groups is 1. The van der Waals surface area contributed by atoms with E-state index in [-0.39, 0.29) is 5.91 Å². The molecule has 2 N–H and O–H groups in total. The second kappa shape index (κ2) is 9.57. The molecule has 0 aliphatic carbocycles. The second-order valence-corrected chi connectivity index (χ2v) is 5.36. The molecule has 0 aromatic heterocycles. The lowest BCUT2D eigenvalue weighted by atomic mass is 10.2. The van der Waals surface area contributed by atoms with Crippen LogP contribution in [0.1, 0.15) is 17.5 Å². The first kappa shape index (κ1) is 17.8. The molecule has 0 atom stereocenters. The lowest BCUT2D eigenvalue weighted by molar-refractivity contribution is -0.121. The zero-order chi connectivity index (χ0) is 17.2. The Morgan fingerprint density at radius 2 is 1.71 bits per heavy atom. The number of nitrogens with one attached hydrogen (secondary N) is 2. The third kappa shape index (κ3) is 5.59. The fourth-order valence-corrected chi connectivity index (χ4v) is 2.31. The fraction of sp³-hybridized carbons (Fsp3) is 0.316. The van der Waals surface area contributed by atoms with Crippen molar-refractivity contribution < 1.29 is 14.3 Å². The van der Waals surface area contributed by atoms with Gasteiger partial charge in [-0.25, -0.2) is 0 Å². The highest BCUT2D eigenvalue weighted by Gasteiger charge is 2.05. The molecule has 0 fully saturated rings. The standard InChI is InChI=1S/C19H24N2O3/c1-23-17-9-7-15(8-10-17)13-20-12-11-19(22)21-14-16-5-3-4-6-18(16)24-2/h3-10,20H,11-14H2,1-2H3,(H,21,22). The quantitative estimate of drug-likeness (QED) is 0.695. The first-order chi connectivity index (χ1) is 11.7. The SMILES string of the molecule is COc1ccc(CNCCC(=O)NCc2ccccc2OC)cc1. The van der Waals surface area contributed by atoms with Crippen molar-refractivity contribution in [1.82, 2.24) is 10.6 Å². The molecule has 0 radical (unpaired) electrons. The van der Waals surface area contributed by atoms with Gasteiger partial charge in [0.05, 0.1) is 14.2 Å². The van der Waals surface area contributed by atoms with Gasteiger partial charge in [-0.1, -0.05) is 30.3 Å². The number of benzene rings is 2. The van der Waals surface area contributed by atoms with Gasteiger partial charge in [-0.15, -0.1) is 0 Å². The van der Waals surface area contributed by atoms with Gasteiger partial charge in [0.1, 0.15) is 11.5 Å². The maximum atomic E-state index is 11.9. The largest absolute Gasteiger partial charge is 0.497 e. The Hall–Kier alpha value is -2.53. The monoisotopic (exact) mass is 328 g/mol. The van der Waals surface area contributed by atoms with E-state index in [1.807, 2.05) is 48.5 Å². The van der Waals surface area contributed by atoms with Crippen LogP contribution >= 0.6 is 0 Å². The second-order valence-electron chi connectivity index (χ2n) is 5.36. The van der Waals surface area contributed by atoms with Crippen LogP contribution in [-0.2, 0) is 17.9 Å². The van der Waals surface area contributed by atoms with Crippen LogP contribution in [0.15, 0.2) is 48.5 Å². The molecule has 2 rings (SSSR count). The van der Waals surface area contributed by atoms with Crippen molar-refractivity contribution in [3.8, 4) is 11.5 Å². The summed E-state index contributed by atoms with van der Waals surface area (Å²) in [6.45, 7) is 1.83. The van der Waals surface area contributed by atoms with Crippen LogP contribution in [0.3, 0.4) is 0 Å². The Morgan fingerprint density at radius 3 is 2.42 bits per heavy atom. The van der Waals surface area contributed by atoms with Crippen molar-refractivity contribution in [2.75, 3.05) is 20.8 Å². The predicted molar refractivity (Wildman–Crippen MR) is 94.2 cm³/mol. The van der Waals surface area contributed by atoms with E-state index in [0.29, 0.717) is 19.5 Å². The predicted octanol–water partition coefficient (Wildman–Crippen LogP) is 2.50. The van der Waals surface area contributed by atoms with E-state index >= 15 is 0 Å². The molecule has 5 nitrogen and oxygen atoms in total. The lowest BCUT2D eigenvalue weighted by Gasteiger charge is -2.10. The molecule has 24 heavy (non-hydrogen) atoms. The Balaban J connectivity index is 1.66. The van der Waals surface area contributed by atoms with Gasteiger partial charge >= 0.3 is 0 Å². The van der Waals surface area contributed by atoms with Crippen molar-refractivity contribution >= 4 is 5.91 Å². The summed E-state index contributed by atoms with van der Waals surface area (Å²) in [6.07, 6.45) is 0.436. The lowest BCUT2D eigenvalue weighted by Crippen LogP contribution is -2.27. The maximum absolute atomic E-state index is 11.9. The van der Waals surface area contributed by atoms with Crippen LogP contribution in [0.2, 0.25) is 0 Å². The highest BCUT2D eigenvalue weighted by molar-refractivity contribution is 5.76. The first-order valence-electron chi connectivity index (χ1n) is 7.95. The third-order valence-corrected chi connectivity index (χ3v) is 3.69. The Morgan fingerprint density at radius 1 is 0.958 bits per heavy atom. The van der Waals surface area contributed by atoms with Gasteiger partial charge in [0.25, 0.3) is 0 Å². The summed E-state index contributed by atoms with van der Waals surface area (Å²) >= 11 is 0. The molecule has 0 aliphatic heterocycles. The van der Waals surface area contributed by atoms with Gasteiger partial charge in [0, 0.05) is 31.6 Å². The van der Waals surface area contributed by atoms with Gasteiger partial charge in [-0.2, -0.15) is 0 Å². The number of amides is 1. The van der Waals surface area contributed by atoms with Crippen LogP contribution in [0, 0.1) is 0 Å². The molecular weight excluding hydrogens is 304 g/mol. The van der Waals surface area contributed by atoms with E-state index in [4.69, 9.17) is 9.47 Å². The molecule has 0 unspecified atom stereocenters. The van der Waals surface area contributed by atoms with Crippen LogP contribution in [0.5, 0.6) is 11.5 Å². The van der Waals surface area contributed by atoms with E-state index in [1.54, 1.807) is 14.2 Å². The van der Waals surface area contributed by atoms with E-state index in [1.165, 1.54) is 0 Å². The highest BCUT2D eigenvalue weighted by Crippen LogP contribution is 2.16. The smallest absolute Gasteiger partial charge is 0.221 e. The maximum Gasteiger partial charge on any atom is 0.221 e. The summed E-state index contributed by atoms with van der Waals surface area (Å²) in [7, 11) is 3.28. The van der Waals surface area contributed by atoms with Crippen molar-refractivity contribution in [1.29, 1.82) is 0 Å². The third-order valence-electron chi connectivity index (χ3n) is 3.69. The first-order valence-corrected chi connectivity index (χ1v) is 7.95. The Kier molecular flexibility index (Phi) is 7.11. The molecule has 2 aromatic rings. The highest BCUT2D eigenvalue weighted by atomic mass is 16.5. The normalized spacial score (nSPS) is 10.2. The number of carbonyl (C=O) groups excluding carboxylic acids is 1. The summed E-state index contributed by atoms with van der Waals surface area (Å²) in [5.41, 5.74) is 2.13. The minimum atomic E-state index is 0.0168. The number of hydrogen-bond donors (Lipinski definition) is 2. The molecular formula is C19H24N2O3. The van der Waals surface area contributed by atoms with E-state index in [2.05, 4.69) is 10.6 Å². The van der Waals surface area contributed by atoms with Gasteiger partial charge in [0.2, 0.25) is 5.91 Å². The molecule has 0 aliphatic rings. The Bertz CT molecular complexity index is 641. The molecule has 1 amide bonds. The van der Waals surface area contributed by atoms with Crippen molar-refractivity contribution in [2.45, 2.75) is 19.5 Å². The molecule has 2 aromatic carbocycles. The van der Waals surface area contributed by atoms with Crippen molar-refractivity contribution in [3.05, 3.63) is 59.7 Å². The number of ether oxygens (including phenoxy) is 2. The van der Waals surface area contributed by atoms with Crippen molar-refractivity contribution in [2.24, 2.45) is 0 Å². The summed E-state index contributed by atoms with van der Waals surface area (Å²) in [5.74, 6) is 1.65. The average molecular weight is 328 g/mol. The topological polar surface area (TPSA) is 59.6 Å². The van der Waals surface area contributed by atoms with Crippen LogP contribution < -0.4 is 20.1 Å². The van der Waals surface area contributed by atoms with E-state index in [9.17, 15) is 4.79 Å². The van der Waals surface area contributed by atoms with E-state index in [0.717, 1.165) is 29.2 Å².